The molecule has 3 amide bonds. The fraction of sp³-hybridized carbons (Fsp3) is 0.688. The lowest BCUT2D eigenvalue weighted by Gasteiger charge is -2.37. The number of nitrogens with zero attached hydrogens (tertiary/aromatic N) is 3. The number of amides is 3. The van der Waals surface area contributed by atoms with Crippen LogP contribution in [0, 0.1) is 17.3 Å². The topological polar surface area (TPSA) is 183 Å². The number of benzene rings is 1. The van der Waals surface area contributed by atoms with E-state index in [9.17, 15) is 22.8 Å². The summed E-state index contributed by atoms with van der Waals surface area (Å²) < 4.78 is 52.5. The number of ether oxygens (including phenoxy) is 4. The van der Waals surface area contributed by atoms with Crippen molar-refractivity contribution in [2.75, 3.05) is 52.6 Å². The minimum atomic E-state index is -4.00. The molecule has 16 heteroatoms. The highest BCUT2D eigenvalue weighted by Gasteiger charge is 2.64. The fourth-order valence-corrected chi connectivity index (χ4v) is 11.0. The van der Waals surface area contributed by atoms with Crippen molar-refractivity contribution in [3.8, 4) is 11.5 Å². The number of carbonyl (C=O) groups is 4. The summed E-state index contributed by atoms with van der Waals surface area (Å²) in [7, 11) is -4.00. The predicted molar refractivity (Wildman–Crippen MR) is 240 cm³/mol. The summed E-state index contributed by atoms with van der Waals surface area (Å²) in [4.78, 5) is 66.3. The second-order valence-electron chi connectivity index (χ2n) is 20.5. The molecule has 1 aromatic heterocycles. The molecule has 2 aliphatic carbocycles. The average molecular weight is 906 g/mol. The standard InChI is InChI=1S/C48H67N5O10S/c1-6-37-41-35(36-27-34(14-15-38(36)49-37)61-25-22-52-20-23-60-24-21-52)16-17-47(63-41)29-39-42(55)50-48(44(57)51-64(58,59)46(5)18-19-46)28-33(48)13-11-9-7-8-10-12-32(43(56)53(39)30-47)26-40(54)62-31-45(2,3)4/h11,13-15,27,32-33,39H,6-10,12,16-26,28-31H2,1-5H3,(H,50,55)(H,51,57)/b13-11-/t32-,33-,39+,47-,48-/m1/s1. The lowest BCUT2D eigenvalue weighted by Crippen LogP contribution is -2.57. The molecule has 5 heterocycles. The highest BCUT2D eigenvalue weighted by molar-refractivity contribution is 7.91. The molecule has 0 bridgehead atoms. The zero-order valence-corrected chi connectivity index (χ0v) is 39.1. The van der Waals surface area contributed by atoms with E-state index in [1.54, 1.807) is 11.8 Å². The van der Waals surface area contributed by atoms with E-state index in [0.29, 0.717) is 63.7 Å². The third kappa shape index (κ3) is 9.93. The number of esters is 1. The van der Waals surface area contributed by atoms with Crippen LogP contribution in [0.5, 0.6) is 11.5 Å². The van der Waals surface area contributed by atoms with Gasteiger partial charge in [-0.1, -0.05) is 52.7 Å². The first kappa shape index (κ1) is 46.3. The van der Waals surface area contributed by atoms with E-state index in [4.69, 9.17) is 23.9 Å². The van der Waals surface area contributed by atoms with Crippen molar-refractivity contribution in [1.82, 2.24) is 24.8 Å². The van der Waals surface area contributed by atoms with Gasteiger partial charge in [0.1, 0.15) is 35.3 Å². The number of fused-ring (bicyclic) bond motifs is 5. The van der Waals surface area contributed by atoms with Crippen molar-refractivity contribution < 1.29 is 46.5 Å². The number of carbonyl (C=O) groups excluding carboxylic acids is 4. The predicted octanol–water partition coefficient (Wildman–Crippen LogP) is 5.16. The van der Waals surface area contributed by atoms with Crippen LogP contribution in [0.1, 0.15) is 117 Å². The van der Waals surface area contributed by atoms with Gasteiger partial charge in [-0.2, -0.15) is 0 Å². The summed E-state index contributed by atoms with van der Waals surface area (Å²) in [6.45, 7) is 14.4. The molecule has 6 aliphatic rings. The second-order valence-corrected chi connectivity index (χ2v) is 22.7. The number of aromatic nitrogens is 1. The molecule has 8 rings (SSSR count). The molecule has 2 N–H and O–H groups in total. The number of nitrogens with one attached hydrogen (secondary N) is 2. The zero-order valence-electron chi connectivity index (χ0n) is 38.3. The van der Waals surface area contributed by atoms with E-state index in [-0.39, 0.29) is 43.7 Å². The minimum Gasteiger partial charge on any atom is -0.492 e. The Hall–Kier alpha value is -4.28. The molecule has 1 spiro atoms. The van der Waals surface area contributed by atoms with Crippen LogP contribution in [-0.2, 0) is 51.5 Å². The van der Waals surface area contributed by atoms with Gasteiger partial charge >= 0.3 is 5.97 Å². The Kier molecular flexibility index (Phi) is 13.1. The van der Waals surface area contributed by atoms with Gasteiger partial charge in [-0.25, -0.2) is 13.4 Å². The van der Waals surface area contributed by atoms with Gasteiger partial charge in [0.05, 0.1) is 48.7 Å². The van der Waals surface area contributed by atoms with Crippen molar-refractivity contribution in [1.29, 1.82) is 0 Å². The van der Waals surface area contributed by atoms with Gasteiger partial charge in [0.25, 0.3) is 5.91 Å². The molecule has 64 heavy (non-hydrogen) atoms. The Morgan fingerprint density at radius 3 is 2.58 bits per heavy atom. The number of sulfonamides is 1. The van der Waals surface area contributed by atoms with Crippen molar-refractivity contribution >= 4 is 44.6 Å². The summed E-state index contributed by atoms with van der Waals surface area (Å²) in [6.07, 6.45) is 10.2. The Bertz CT molecular complexity index is 2270. The molecule has 4 fully saturated rings. The van der Waals surface area contributed by atoms with Crippen LogP contribution in [0.3, 0.4) is 0 Å². The third-order valence-corrected chi connectivity index (χ3v) is 16.3. The van der Waals surface area contributed by atoms with E-state index in [1.165, 1.54) is 0 Å². The highest BCUT2D eigenvalue weighted by atomic mass is 32.2. The highest BCUT2D eigenvalue weighted by Crippen LogP contribution is 2.49. The molecule has 350 valence electrons. The first-order valence-corrected chi connectivity index (χ1v) is 25.0. The van der Waals surface area contributed by atoms with Crippen LogP contribution in [0.4, 0.5) is 0 Å². The number of rotatable bonds is 11. The van der Waals surface area contributed by atoms with Gasteiger partial charge in [-0.3, -0.25) is 28.8 Å². The van der Waals surface area contributed by atoms with Crippen LogP contribution in [0.25, 0.3) is 10.9 Å². The van der Waals surface area contributed by atoms with Crippen molar-refractivity contribution in [3.63, 3.8) is 0 Å². The zero-order chi connectivity index (χ0) is 45.5. The van der Waals surface area contributed by atoms with Gasteiger partial charge in [-0.05, 0) is 88.3 Å². The van der Waals surface area contributed by atoms with Gasteiger partial charge < -0.3 is 29.2 Å². The largest absolute Gasteiger partial charge is 0.492 e. The smallest absolute Gasteiger partial charge is 0.306 e. The van der Waals surface area contributed by atoms with E-state index in [1.807, 2.05) is 58.0 Å². The Morgan fingerprint density at radius 2 is 1.84 bits per heavy atom. The van der Waals surface area contributed by atoms with E-state index in [2.05, 4.69) is 14.9 Å². The van der Waals surface area contributed by atoms with Gasteiger partial charge in [-0.15, -0.1) is 0 Å². The molecular formula is C48H67N5O10S. The number of aryl methyl sites for hydroxylation is 2. The molecule has 4 aliphatic heterocycles. The van der Waals surface area contributed by atoms with E-state index >= 15 is 4.79 Å². The first-order valence-electron chi connectivity index (χ1n) is 23.5. The lowest BCUT2D eigenvalue weighted by atomic mass is 9.87. The van der Waals surface area contributed by atoms with Gasteiger partial charge in [0, 0.05) is 48.8 Å². The number of hydrogen-bond donors (Lipinski definition) is 2. The van der Waals surface area contributed by atoms with Crippen LogP contribution in [0.2, 0.25) is 0 Å². The fourth-order valence-electron chi connectivity index (χ4n) is 9.71. The molecule has 2 saturated carbocycles. The molecular weight excluding hydrogens is 839 g/mol. The first-order chi connectivity index (χ1) is 30.4. The third-order valence-electron chi connectivity index (χ3n) is 14.2. The molecule has 1 aromatic carbocycles. The monoisotopic (exact) mass is 905 g/mol. The molecule has 2 saturated heterocycles. The minimum absolute atomic E-state index is 0.0814. The maximum Gasteiger partial charge on any atom is 0.306 e. The van der Waals surface area contributed by atoms with Crippen molar-refractivity contribution in [3.05, 3.63) is 41.6 Å². The van der Waals surface area contributed by atoms with Crippen molar-refractivity contribution in [2.24, 2.45) is 17.3 Å². The molecule has 15 nitrogen and oxygen atoms in total. The van der Waals surface area contributed by atoms with Crippen LogP contribution >= 0.6 is 0 Å². The number of pyridine rings is 1. The van der Waals surface area contributed by atoms with E-state index < -0.39 is 61.6 Å². The number of allylic oxidation sites excluding steroid dienone is 1. The summed E-state index contributed by atoms with van der Waals surface area (Å²) in [6, 6.07) is 4.88. The summed E-state index contributed by atoms with van der Waals surface area (Å²) in [5.74, 6) is -1.93. The van der Waals surface area contributed by atoms with Crippen LogP contribution in [-0.4, -0.2) is 121 Å². The molecule has 0 radical (unpaired) electrons. The molecule has 2 aromatic rings. The maximum atomic E-state index is 15.0. The summed E-state index contributed by atoms with van der Waals surface area (Å²) in [5.41, 5.74) is -0.147. The Morgan fingerprint density at radius 1 is 1.06 bits per heavy atom. The lowest BCUT2D eigenvalue weighted by molar-refractivity contribution is -0.152. The SMILES string of the molecule is CCc1nc2ccc(OCCN3CCOCC3)cc2c2c1O[C@]1(CC2)C[C@H]2C(=O)N[C@]3(C(=O)NS(=O)(=O)C4(C)CC4)C[C@H]3/C=C\CCCCC[C@H](CC(=O)OCC(C)(C)C)C(=O)N2C1. The van der Waals surface area contributed by atoms with Crippen LogP contribution < -0.4 is 19.5 Å². The molecule has 0 unspecified atom stereocenters. The molecule has 5 atom stereocenters. The summed E-state index contributed by atoms with van der Waals surface area (Å²) in [5, 5.41) is 3.93. The summed E-state index contributed by atoms with van der Waals surface area (Å²) >= 11 is 0. The Balaban J connectivity index is 1.10. The average Bonchev–Trinajstić information content (AvgIpc) is 4.15. The quantitative estimate of drug-likeness (QED) is 0.224. The van der Waals surface area contributed by atoms with Gasteiger partial charge in [0.15, 0.2) is 0 Å². The van der Waals surface area contributed by atoms with Crippen molar-refractivity contribution in [2.45, 2.75) is 140 Å². The second kappa shape index (κ2) is 18.2. The normalized spacial score (nSPS) is 29.0. The maximum absolute atomic E-state index is 15.0. The Labute approximate surface area is 377 Å². The number of hydrogen-bond acceptors (Lipinski definition) is 12. The van der Waals surface area contributed by atoms with Gasteiger partial charge in [0.2, 0.25) is 21.8 Å². The van der Waals surface area contributed by atoms with E-state index in [0.717, 1.165) is 73.6 Å². The number of morpholine rings is 1. The van der Waals surface area contributed by atoms with Crippen LogP contribution in [0.15, 0.2) is 30.4 Å².